The lowest BCUT2D eigenvalue weighted by molar-refractivity contribution is 0.303. The smallest absolute Gasteiger partial charge is 0.309 e. The Kier molecular flexibility index (Phi) is 2.23. The molecule has 0 saturated heterocycles. The molecule has 0 spiro atoms. The van der Waals surface area contributed by atoms with E-state index in [0.29, 0.717) is 12.3 Å². The first-order valence-corrected chi connectivity index (χ1v) is 5.84. The lowest BCUT2D eigenvalue weighted by Crippen LogP contribution is -2.18. The summed E-state index contributed by atoms with van der Waals surface area (Å²) >= 11 is -1.58. The average molecular weight is 235 g/mol. The quantitative estimate of drug-likeness (QED) is 0.822. The second kappa shape index (κ2) is 3.73. The minimum atomic E-state index is -1.58. The Labute approximate surface area is 94.3 Å². The average Bonchev–Trinajstić information content (AvgIpc) is 2.87. The van der Waals surface area contributed by atoms with Gasteiger partial charge in [-0.25, -0.2) is 9.69 Å². The number of hydrogen-bond acceptors (Lipinski definition) is 3. The summed E-state index contributed by atoms with van der Waals surface area (Å²) in [5, 5.41) is 1.14. The Balaban J connectivity index is 1.95. The Hall–Kier alpha value is -1.66. The van der Waals surface area contributed by atoms with Gasteiger partial charge in [0.15, 0.2) is 0 Å². The molecule has 0 saturated carbocycles. The fourth-order valence-corrected chi connectivity index (χ4v) is 2.22. The van der Waals surface area contributed by atoms with E-state index in [1.165, 1.54) is 0 Å². The Morgan fingerprint density at radius 3 is 3.06 bits per heavy atom. The van der Waals surface area contributed by atoms with Gasteiger partial charge in [0.1, 0.15) is 5.84 Å². The van der Waals surface area contributed by atoms with Crippen LogP contribution in [0, 0.1) is 0 Å². The molecule has 3 rings (SSSR count). The predicted molar refractivity (Wildman–Crippen MR) is 61.8 cm³/mol. The molecule has 1 atom stereocenters. The molecular formula is C10H9N3O2S. The molecule has 0 fully saturated rings. The van der Waals surface area contributed by atoms with Crippen molar-refractivity contribution in [2.75, 3.05) is 0 Å². The van der Waals surface area contributed by atoms with Gasteiger partial charge in [-0.05, 0) is 11.6 Å². The van der Waals surface area contributed by atoms with Crippen molar-refractivity contribution >= 4 is 28.0 Å². The lowest BCUT2D eigenvalue weighted by Gasteiger charge is -1.97. The van der Waals surface area contributed by atoms with E-state index in [1.807, 2.05) is 30.5 Å². The van der Waals surface area contributed by atoms with Crippen LogP contribution in [0.25, 0.3) is 10.9 Å². The fourth-order valence-electron chi connectivity index (χ4n) is 1.74. The van der Waals surface area contributed by atoms with E-state index in [4.69, 9.17) is 0 Å². The van der Waals surface area contributed by atoms with Crippen LogP contribution < -0.4 is 5.48 Å². The van der Waals surface area contributed by atoms with Gasteiger partial charge in [0.05, 0.1) is 0 Å². The monoisotopic (exact) mass is 235 g/mol. The predicted octanol–water partition coefficient (Wildman–Crippen LogP) is 1.22. The zero-order chi connectivity index (χ0) is 11.0. The normalized spacial score (nSPS) is 19.8. The number of para-hydroxylation sites is 1. The molecule has 1 unspecified atom stereocenters. The second-order valence-electron chi connectivity index (χ2n) is 3.48. The molecule has 1 aliphatic heterocycles. The van der Waals surface area contributed by atoms with E-state index in [0.717, 1.165) is 16.5 Å². The van der Waals surface area contributed by atoms with Crippen LogP contribution in [0.5, 0.6) is 0 Å². The van der Waals surface area contributed by atoms with E-state index in [9.17, 15) is 4.21 Å². The van der Waals surface area contributed by atoms with Gasteiger partial charge in [0, 0.05) is 23.5 Å². The van der Waals surface area contributed by atoms with Gasteiger partial charge in [0.2, 0.25) is 0 Å². The van der Waals surface area contributed by atoms with Crippen LogP contribution in [0.1, 0.15) is 5.56 Å². The van der Waals surface area contributed by atoms with Gasteiger partial charge in [-0.15, -0.1) is 4.40 Å². The summed E-state index contributed by atoms with van der Waals surface area (Å²) in [6.45, 7) is 0. The number of aromatic amines is 1. The fraction of sp³-hybridized carbons (Fsp3) is 0.100. The van der Waals surface area contributed by atoms with Crippen molar-refractivity contribution in [3.63, 3.8) is 0 Å². The van der Waals surface area contributed by atoms with Gasteiger partial charge in [0.25, 0.3) is 0 Å². The molecule has 0 aliphatic carbocycles. The zero-order valence-electron chi connectivity index (χ0n) is 8.27. The summed E-state index contributed by atoms with van der Waals surface area (Å²) in [5.41, 5.74) is 4.73. The van der Waals surface area contributed by atoms with Crippen molar-refractivity contribution in [3.05, 3.63) is 36.0 Å². The summed E-state index contributed by atoms with van der Waals surface area (Å²) in [7, 11) is 0. The molecule has 82 valence electrons. The molecule has 5 nitrogen and oxygen atoms in total. The topological polar surface area (TPSA) is 66.5 Å². The molecule has 2 heterocycles. The SMILES string of the molecule is O=S1N=C(Cc2c[nH]c3ccccc23)NO1. The lowest BCUT2D eigenvalue weighted by atomic mass is 10.1. The van der Waals surface area contributed by atoms with Crippen molar-refractivity contribution in [2.24, 2.45) is 4.40 Å². The minimum absolute atomic E-state index is 0.579. The molecule has 6 heteroatoms. The number of hydrogen-bond donors (Lipinski definition) is 2. The van der Waals surface area contributed by atoms with Crippen LogP contribution in [-0.4, -0.2) is 15.0 Å². The number of aromatic nitrogens is 1. The minimum Gasteiger partial charge on any atom is -0.361 e. The molecule has 0 radical (unpaired) electrons. The molecule has 0 amide bonds. The van der Waals surface area contributed by atoms with Crippen molar-refractivity contribution in [1.82, 2.24) is 10.5 Å². The van der Waals surface area contributed by atoms with Crippen LogP contribution in [-0.2, 0) is 22.0 Å². The maximum Gasteiger partial charge on any atom is 0.309 e. The van der Waals surface area contributed by atoms with Crippen molar-refractivity contribution in [2.45, 2.75) is 6.42 Å². The summed E-state index contributed by atoms with van der Waals surface area (Å²) in [5.74, 6) is 0.586. The number of nitrogens with one attached hydrogen (secondary N) is 2. The molecular weight excluding hydrogens is 226 g/mol. The number of nitrogens with zero attached hydrogens (tertiary/aromatic N) is 1. The van der Waals surface area contributed by atoms with E-state index in [-0.39, 0.29) is 0 Å². The molecule has 1 aromatic heterocycles. The van der Waals surface area contributed by atoms with Gasteiger partial charge in [-0.1, -0.05) is 18.2 Å². The van der Waals surface area contributed by atoms with Crippen LogP contribution in [0.15, 0.2) is 34.9 Å². The van der Waals surface area contributed by atoms with Crippen molar-refractivity contribution in [1.29, 1.82) is 0 Å². The van der Waals surface area contributed by atoms with E-state index in [1.54, 1.807) is 0 Å². The number of H-pyrrole nitrogens is 1. The third kappa shape index (κ3) is 1.62. The molecule has 16 heavy (non-hydrogen) atoms. The summed E-state index contributed by atoms with van der Waals surface area (Å²) in [6.07, 6.45) is 2.51. The summed E-state index contributed by atoms with van der Waals surface area (Å²) < 4.78 is 19.3. The van der Waals surface area contributed by atoms with Gasteiger partial charge in [-0.2, -0.15) is 4.28 Å². The first kappa shape index (κ1) is 9.56. The van der Waals surface area contributed by atoms with Gasteiger partial charge < -0.3 is 4.98 Å². The van der Waals surface area contributed by atoms with Crippen LogP contribution in [0.2, 0.25) is 0 Å². The highest BCUT2D eigenvalue weighted by molar-refractivity contribution is 7.79. The highest BCUT2D eigenvalue weighted by Gasteiger charge is 2.14. The first-order chi connectivity index (χ1) is 7.83. The number of amidine groups is 1. The third-order valence-corrected chi connectivity index (χ3v) is 3.04. The van der Waals surface area contributed by atoms with Crippen molar-refractivity contribution < 1.29 is 8.49 Å². The van der Waals surface area contributed by atoms with Crippen molar-refractivity contribution in [3.8, 4) is 0 Å². The van der Waals surface area contributed by atoms with Crippen LogP contribution in [0.4, 0.5) is 0 Å². The van der Waals surface area contributed by atoms with Crippen LogP contribution >= 0.6 is 0 Å². The zero-order valence-corrected chi connectivity index (χ0v) is 9.08. The maximum atomic E-state index is 10.9. The summed E-state index contributed by atoms with van der Waals surface area (Å²) in [4.78, 5) is 3.17. The molecule has 1 aromatic carbocycles. The molecule has 2 N–H and O–H groups in total. The number of hydroxylamine groups is 1. The number of benzene rings is 1. The molecule has 1 aliphatic rings. The second-order valence-corrected chi connectivity index (χ2v) is 4.26. The van der Waals surface area contributed by atoms with Crippen LogP contribution in [0.3, 0.4) is 0 Å². The first-order valence-electron chi connectivity index (χ1n) is 4.81. The number of rotatable bonds is 2. The van der Waals surface area contributed by atoms with E-state index < -0.39 is 11.3 Å². The highest BCUT2D eigenvalue weighted by atomic mass is 32.2. The van der Waals surface area contributed by atoms with E-state index in [2.05, 4.69) is 19.1 Å². The summed E-state index contributed by atoms with van der Waals surface area (Å²) in [6, 6.07) is 8.01. The highest BCUT2D eigenvalue weighted by Crippen LogP contribution is 2.18. The largest absolute Gasteiger partial charge is 0.361 e. The van der Waals surface area contributed by atoms with E-state index >= 15 is 0 Å². The standard InChI is InChI=1S/C10H9N3O2S/c14-16-13-10(12-15-16)5-7-6-11-9-4-2-1-3-8(7)9/h1-4,6,11H,5H2,(H,12,13). The molecule has 2 aromatic rings. The Bertz CT molecular complexity index is 591. The van der Waals surface area contributed by atoms with Gasteiger partial charge in [-0.3, -0.25) is 0 Å². The maximum absolute atomic E-state index is 10.9. The Morgan fingerprint density at radius 2 is 2.25 bits per heavy atom. The Morgan fingerprint density at radius 1 is 1.38 bits per heavy atom. The third-order valence-electron chi connectivity index (χ3n) is 2.45. The van der Waals surface area contributed by atoms with Gasteiger partial charge >= 0.3 is 11.3 Å². The molecule has 0 bridgehead atoms. The number of fused-ring (bicyclic) bond motifs is 1.